The van der Waals surface area contributed by atoms with Gasteiger partial charge in [0.1, 0.15) is 5.75 Å². The smallest absolute Gasteiger partial charge is 0.120 e. The van der Waals surface area contributed by atoms with Gasteiger partial charge in [-0.05, 0) is 32.0 Å². The van der Waals surface area contributed by atoms with Crippen LogP contribution in [-0.4, -0.2) is 12.2 Å². The van der Waals surface area contributed by atoms with E-state index in [1.807, 2.05) is 26.1 Å². The van der Waals surface area contributed by atoms with Crippen molar-refractivity contribution in [2.45, 2.75) is 20.4 Å². The third kappa shape index (κ3) is 2.83. The molecule has 0 radical (unpaired) electrons. The lowest BCUT2D eigenvalue weighted by Gasteiger charge is -2.20. The van der Waals surface area contributed by atoms with Crippen molar-refractivity contribution in [2.24, 2.45) is 0 Å². The van der Waals surface area contributed by atoms with Crippen LogP contribution in [0.5, 0.6) is 5.75 Å². The molecule has 0 unspecified atom stereocenters. The zero-order valence-corrected chi connectivity index (χ0v) is 11.1. The van der Waals surface area contributed by atoms with Crippen LogP contribution in [0.25, 0.3) is 0 Å². The first-order valence-corrected chi connectivity index (χ1v) is 6.12. The van der Waals surface area contributed by atoms with Gasteiger partial charge in [-0.3, -0.25) is 0 Å². The van der Waals surface area contributed by atoms with Crippen molar-refractivity contribution >= 4 is 5.69 Å². The molecule has 2 aromatic rings. The van der Waals surface area contributed by atoms with E-state index in [1.165, 1.54) is 11.1 Å². The Balaban J connectivity index is 2.18. The van der Waals surface area contributed by atoms with Crippen LogP contribution in [0.3, 0.4) is 0 Å². The summed E-state index contributed by atoms with van der Waals surface area (Å²) in [5.74, 6) is 0.361. The Morgan fingerprint density at radius 2 is 1.56 bits per heavy atom. The molecule has 0 heterocycles. The molecule has 0 aromatic heterocycles. The molecule has 0 aliphatic heterocycles. The summed E-state index contributed by atoms with van der Waals surface area (Å²) in [4.78, 5) is 2.13. The molecule has 0 aliphatic rings. The summed E-state index contributed by atoms with van der Waals surface area (Å²) in [6.45, 7) is 4.82. The van der Waals surface area contributed by atoms with Crippen molar-refractivity contribution in [3.63, 3.8) is 0 Å². The van der Waals surface area contributed by atoms with Crippen molar-refractivity contribution in [1.82, 2.24) is 0 Å². The van der Waals surface area contributed by atoms with Gasteiger partial charge in [0, 0.05) is 24.8 Å². The lowest BCUT2D eigenvalue weighted by molar-refractivity contribution is 0.467. The van der Waals surface area contributed by atoms with Crippen LogP contribution < -0.4 is 4.90 Å². The Hall–Kier alpha value is -1.96. The van der Waals surface area contributed by atoms with Crippen LogP contribution in [0, 0.1) is 13.8 Å². The molecular weight excluding hydrogens is 222 g/mol. The van der Waals surface area contributed by atoms with Gasteiger partial charge in [0.25, 0.3) is 0 Å². The Morgan fingerprint density at radius 3 is 2.22 bits per heavy atom. The van der Waals surface area contributed by atoms with Gasteiger partial charge in [-0.25, -0.2) is 0 Å². The number of aryl methyl sites for hydroxylation is 2. The number of nitrogens with zero attached hydrogens (tertiary/aromatic N) is 1. The van der Waals surface area contributed by atoms with Crippen LogP contribution >= 0.6 is 0 Å². The van der Waals surface area contributed by atoms with Crippen molar-refractivity contribution < 1.29 is 5.11 Å². The number of phenolic OH excluding ortho intramolecular Hbond substituents is 1. The van der Waals surface area contributed by atoms with Gasteiger partial charge in [0.2, 0.25) is 0 Å². The minimum absolute atomic E-state index is 0.361. The maximum absolute atomic E-state index is 9.85. The van der Waals surface area contributed by atoms with Gasteiger partial charge in [0.15, 0.2) is 0 Å². The number of anilines is 1. The Morgan fingerprint density at radius 1 is 0.944 bits per heavy atom. The topological polar surface area (TPSA) is 23.5 Å². The van der Waals surface area contributed by atoms with E-state index in [2.05, 4.69) is 36.1 Å². The predicted molar refractivity (Wildman–Crippen MR) is 76.1 cm³/mol. The van der Waals surface area contributed by atoms with Gasteiger partial charge in [0.05, 0.1) is 0 Å². The fourth-order valence-corrected chi connectivity index (χ4v) is 1.99. The SMILES string of the molecule is Cc1ccc(N(C)Cc2cc(C)ccc2O)cc1. The minimum Gasteiger partial charge on any atom is -0.508 e. The van der Waals surface area contributed by atoms with Crippen LogP contribution in [0.15, 0.2) is 42.5 Å². The zero-order valence-electron chi connectivity index (χ0n) is 11.1. The predicted octanol–water partition coefficient (Wildman–Crippen LogP) is 3.65. The first kappa shape index (κ1) is 12.5. The van der Waals surface area contributed by atoms with Gasteiger partial charge < -0.3 is 10.0 Å². The van der Waals surface area contributed by atoms with Crippen molar-refractivity contribution in [2.75, 3.05) is 11.9 Å². The Kier molecular flexibility index (Phi) is 3.56. The summed E-state index contributed by atoms with van der Waals surface area (Å²) in [7, 11) is 2.03. The monoisotopic (exact) mass is 241 g/mol. The summed E-state index contributed by atoms with van der Waals surface area (Å²) in [5, 5.41) is 9.85. The molecule has 2 rings (SSSR count). The molecule has 1 N–H and O–H groups in total. The fourth-order valence-electron chi connectivity index (χ4n) is 1.99. The molecule has 0 bridgehead atoms. The van der Waals surface area contributed by atoms with E-state index < -0.39 is 0 Å². The second-order valence-electron chi connectivity index (χ2n) is 4.82. The second-order valence-corrected chi connectivity index (χ2v) is 4.82. The van der Waals surface area contributed by atoms with Gasteiger partial charge in [-0.2, -0.15) is 0 Å². The first-order chi connectivity index (χ1) is 8.56. The molecule has 18 heavy (non-hydrogen) atoms. The van der Waals surface area contributed by atoms with Crippen LogP contribution in [0.4, 0.5) is 5.69 Å². The second kappa shape index (κ2) is 5.13. The van der Waals surface area contributed by atoms with E-state index in [1.54, 1.807) is 6.07 Å². The van der Waals surface area contributed by atoms with Crippen LogP contribution in [0.1, 0.15) is 16.7 Å². The largest absolute Gasteiger partial charge is 0.508 e. The lowest BCUT2D eigenvalue weighted by Crippen LogP contribution is -2.16. The molecule has 2 heteroatoms. The highest BCUT2D eigenvalue weighted by molar-refractivity contribution is 5.48. The fraction of sp³-hybridized carbons (Fsp3) is 0.250. The third-order valence-corrected chi connectivity index (χ3v) is 3.12. The van der Waals surface area contributed by atoms with Gasteiger partial charge in [-0.15, -0.1) is 0 Å². The van der Waals surface area contributed by atoms with E-state index >= 15 is 0 Å². The van der Waals surface area contributed by atoms with Crippen molar-refractivity contribution in [1.29, 1.82) is 0 Å². The summed E-state index contributed by atoms with van der Waals surface area (Å²) in [6.07, 6.45) is 0. The molecule has 0 fully saturated rings. The summed E-state index contributed by atoms with van der Waals surface area (Å²) >= 11 is 0. The number of phenols is 1. The number of benzene rings is 2. The van der Waals surface area contributed by atoms with Crippen LogP contribution in [0.2, 0.25) is 0 Å². The number of rotatable bonds is 3. The van der Waals surface area contributed by atoms with Crippen molar-refractivity contribution in [3.05, 3.63) is 59.2 Å². The molecule has 2 nitrogen and oxygen atoms in total. The first-order valence-electron chi connectivity index (χ1n) is 6.12. The molecule has 0 amide bonds. The highest BCUT2D eigenvalue weighted by atomic mass is 16.3. The summed E-state index contributed by atoms with van der Waals surface area (Å²) in [6, 6.07) is 14.1. The highest BCUT2D eigenvalue weighted by Gasteiger charge is 2.06. The maximum Gasteiger partial charge on any atom is 0.120 e. The Bertz CT molecular complexity index is 531. The highest BCUT2D eigenvalue weighted by Crippen LogP contribution is 2.22. The van der Waals surface area contributed by atoms with E-state index in [4.69, 9.17) is 0 Å². The third-order valence-electron chi connectivity index (χ3n) is 3.12. The lowest BCUT2D eigenvalue weighted by atomic mass is 10.1. The van der Waals surface area contributed by atoms with E-state index in [0.717, 1.165) is 11.3 Å². The minimum atomic E-state index is 0.361. The van der Waals surface area contributed by atoms with E-state index in [9.17, 15) is 5.11 Å². The maximum atomic E-state index is 9.85. The average molecular weight is 241 g/mol. The molecule has 0 saturated heterocycles. The quantitative estimate of drug-likeness (QED) is 0.886. The molecule has 2 aromatic carbocycles. The molecule has 0 spiro atoms. The number of hydrogen-bond acceptors (Lipinski definition) is 2. The normalized spacial score (nSPS) is 10.4. The van der Waals surface area contributed by atoms with Gasteiger partial charge >= 0.3 is 0 Å². The molecule has 0 saturated carbocycles. The Labute approximate surface area is 109 Å². The zero-order chi connectivity index (χ0) is 13.1. The summed E-state index contributed by atoms with van der Waals surface area (Å²) < 4.78 is 0. The number of aromatic hydroxyl groups is 1. The van der Waals surface area contributed by atoms with Crippen molar-refractivity contribution in [3.8, 4) is 5.75 Å². The standard InChI is InChI=1S/C16H19NO/c1-12-4-7-15(8-5-12)17(3)11-14-10-13(2)6-9-16(14)18/h4-10,18H,11H2,1-3H3. The molecule has 0 atom stereocenters. The molecule has 94 valence electrons. The van der Waals surface area contributed by atoms with E-state index in [0.29, 0.717) is 12.3 Å². The van der Waals surface area contributed by atoms with Gasteiger partial charge in [-0.1, -0.05) is 35.4 Å². The molecular formula is C16H19NO. The number of hydrogen-bond donors (Lipinski definition) is 1. The summed E-state index contributed by atoms with van der Waals surface area (Å²) in [5.41, 5.74) is 4.53. The van der Waals surface area contributed by atoms with Crippen LogP contribution in [-0.2, 0) is 6.54 Å². The molecule has 0 aliphatic carbocycles. The average Bonchev–Trinajstić information content (AvgIpc) is 2.34. The van der Waals surface area contributed by atoms with E-state index in [-0.39, 0.29) is 0 Å².